The predicted octanol–water partition coefficient (Wildman–Crippen LogP) is 2.14. The number of nitrogens with one attached hydrogen (secondary N) is 1. The molecule has 120 valence electrons. The van der Waals surface area contributed by atoms with Crippen LogP contribution in [0.3, 0.4) is 0 Å². The lowest BCUT2D eigenvalue weighted by Gasteiger charge is -2.26. The van der Waals surface area contributed by atoms with Crippen molar-refractivity contribution in [3.05, 3.63) is 0 Å². The van der Waals surface area contributed by atoms with Crippen LogP contribution in [0.25, 0.3) is 0 Å². The Hall–Kier alpha value is -0.650. The van der Waals surface area contributed by atoms with Crippen molar-refractivity contribution in [2.75, 3.05) is 40.1 Å². The molecule has 0 aromatic heterocycles. The molecule has 0 heterocycles. The molecular formula is C15H31NO4. The van der Waals surface area contributed by atoms with Crippen LogP contribution in [0.15, 0.2) is 0 Å². The Morgan fingerprint density at radius 2 is 1.70 bits per heavy atom. The van der Waals surface area contributed by atoms with Gasteiger partial charge < -0.3 is 19.5 Å². The Morgan fingerprint density at radius 1 is 1.05 bits per heavy atom. The fourth-order valence-electron chi connectivity index (χ4n) is 1.77. The third kappa shape index (κ3) is 8.51. The largest absolute Gasteiger partial charge is 0.465 e. The van der Waals surface area contributed by atoms with E-state index in [9.17, 15) is 4.79 Å². The number of hydrogen-bond acceptors (Lipinski definition) is 5. The number of hydrogen-bond donors (Lipinski definition) is 1. The number of likely N-dealkylation sites (N-methyl/N-ethyl adjacent to an activating group) is 1. The molecule has 0 amide bonds. The number of unbranched alkanes of at least 4 members (excludes halogenated alkanes) is 1. The molecule has 1 N–H and O–H groups in total. The molecule has 1 unspecified atom stereocenters. The van der Waals surface area contributed by atoms with Crippen LogP contribution >= 0.6 is 0 Å². The van der Waals surface area contributed by atoms with Crippen molar-refractivity contribution in [1.82, 2.24) is 5.32 Å². The van der Waals surface area contributed by atoms with Crippen molar-refractivity contribution >= 4 is 5.97 Å². The molecule has 0 saturated heterocycles. The monoisotopic (exact) mass is 289 g/mol. The Kier molecular flexibility index (Phi) is 11.7. The smallest absolute Gasteiger partial charge is 0.326 e. The molecule has 0 aliphatic heterocycles. The lowest BCUT2D eigenvalue weighted by atomic mass is 9.95. The standard InChI is InChI=1S/C15H31NO4/c1-5-10-18-12-13-19-11-8-7-9-15(3,16-4)14(17)20-6-2/h16H,5-13H2,1-4H3. The number of carbonyl (C=O) groups is 1. The van der Waals surface area contributed by atoms with Crippen LogP contribution in [-0.2, 0) is 19.0 Å². The van der Waals surface area contributed by atoms with E-state index >= 15 is 0 Å². The van der Waals surface area contributed by atoms with E-state index in [2.05, 4.69) is 12.2 Å². The fourth-order valence-corrected chi connectivity index (χ4v) is 1.77. The molecule has 0 rings (SSSR count). The summed E-state index contributed by atoms with van der Waals surface area (Å²) < 4.78 is 15.9. The van der Waals surface area contributed by atoms with Crippen LogP contribution in [0.4, 0.5) is 0 Å². The molecule has 0 fully saturated rings. The molecular weight excluding hydrogens is 258 g/mol. The lowest BCUT2D eigenvalue weighted by molar-refractivity contribution is -0.150. The molecule has 0 aliphatic rings. The molecule has 5 heteroatoms. The first kappa shape index (κ1) is 19.4. The predicted molar refractivity (Wildman–Crippen MR) is 79.9 cm³/mol. The van der Waals surface area contributed by atoms with Crippen LogP contribution in [0.5, 0.6) is 0 Å². The van der Waals surface area contributed by atoms with E-state index in [0.29, 0.717) is 26.4 Å². The van der Waals surface area contributed by atoms with Crippen molar-refractivity contribution in [3.63, 3.8) is 0 Å². The summed E-state index contributed by atoms with van der Waals surface area (Å²) in [6.07, 6.45) is 3.64. The first-order chi connectivity index (χ1) is 9.60. The van der Waals surface area contributed by atoms with Gasteiger partial charge in [-0.1, -0.05) is 6.92 Å². The maximum atomic E-state index is 11.8. The summed E-state index contributed by atoms with van der Waals surface area (Å²) in [6.45, 7) is 9.00. The quantitative estimate of drug-likeness (QED) is 0.416. The highest BCUT2D eigenvalue weighted by Crippen LogP contribution is 2.15. The third-order valence-corrected chi connectivity index (χ3v) is 3.21. The van der Waals surface area contributed by atoms with Gasteiger partial charge in [0.15, 0.2) is 0 Å². The van der Waals surface area contributed by atoms with Crippen molar-refractivity contribution in [2.24, 2.45) is 0 Å². The maximum absolute atomic E-state index is 11.8. The van der Waals surface area contributed by atoms with Gasteiger partial charge in [-0.2, -0.15) is 0 Å². The molecule has 1 atom stereocenters. The average molecular weight is 289 g/mol. The zero-order valence-electron chi connectivity index (χ0n) is 13.5. The van der Waals surface area contributed by atoms with E-state index in [1.165, 1.54) is 0 Å². The van der Waals surface area contributed by atoms with Crippen LogP contribution in [0, 0.1) is 0 Å². The molecule has 5 nitrogen and oxygen atoms in total. The van der Waals surface area contributed by atoms with Gasteiger partial charge in [-0.3, -0.25) is 4.79 Å². The summed E-state index contributed by atoms with van der Waals surface area (Å²) in [5.41, 5.74) is -0.597. The number of carbonyl (C=O) groups excluding carboxylic acids is 1. The van der Waals surface area contributed by atoms with Crippen molar-refractivity contribution < 1.29 is 19.0 Å². The Balaban J connectivity index is 3.63. The van der Waals surface area contributed by atoms with Gasteiger partial charge in [0, 0.05) is 13.2 Å². The maximum Gasteiger partial charge on any atom is 0.326 e. The number of ether oxygens (including phenoxy) is 3. The first-order valence-corrected chi connectivity index (χ1v) is 7.62. The van der Waals surface area contributed by atoms with Crippen LogP contribution in [-0.4, -0.2) is 51.6 Å². The lowest BCUT2D eigenvalue weighted by Crippen LogP contribution is -2.48. The van der Waals surface area contributed by atoms with E-state index in [0.717, 1.165) is 32.3 Å². The minimum absolute atomic E-state index is 0.184. The molecule has 0 aromatic rings. The highest BCUT2D eigenvalue weighted by Gasteiger charge is 2.32. The first-order valence-electron chi connectivity index (χ1n) is 7.62. The summed E-state index contributed by atoms with van der Waals surface area (Å²) in [5.74, 6) is -0.184. The second-order valence-corrected chi connectivity index (χ2v) is 4.98. The Morgan fingerprint density at radius 3 is 2.25 bits per heavy atom. The van der Waals surface area contributed by atoms with Gasteiger partial charge in [0.25, 0.3) is 0 Å². The van der Waals surface area contributed by atoms with Gasteiger partial charge >= 0.3 is 5.97 Å². The SMILES string of the molecule is CCCOCCOCCCCC(C)(NC)C(=O)OCC. The molecule has 0 saturated carbocycles. The van der Waals surface area contributed by atoms with Crippen molar-refractivity contribution in [2.45, 2.75) is 52.0 Å². The molecule has 0 bridgehead atoms. The molecule has 0 spiro atoms. The highest BCUT2D eigenvalue weighted by molar-refractivity contribution is 5.80. The van der Waals surface area contributed by atoms with Crippen LogP contribution in [0.2, 0.25) is 0 Å². The zero-order chi connectivity index (χ0) is 15.3. The van der Waals surface area contributed by atoms with Crippen LogP contribution in [0.1, 0.15) is 46.5 Å². The Labute approximate surface area is 123 Å². The summed E-state index contributed by atoms with van der Waals surface area (Å²) in [7, 11) is 1.79. The fraction of sp³-hybridized carbons (Fsp3) is 0.933. The van der Waals surface area contributed by atoms with E-state index in [4.69, 9.17) is 14.2 Å². The van der Waals surface area contributed by atoms with E-state index in [-0.39, 0.29) is 5.97 Å². The molecule has 0 aliphatic carbocycles. The van der Waals surface area contributed by atoms with Gasteiger partial charge in [0.1, 0.15) is 5.54 Å². The molecule has 20 heavy (non-hydrogen) atoms. The average Bonchev–Trinajstić information content (AvgIpc) is 2.45. The Bertz CT molecular complexity index is 248. The van der Waals surface area contributed by atoms with Gasteiger partial charge in [-0.25, -0.2) is 0 Å². The topological polar surface area (TPSA) is 56.8 Å². The number of esters is 1. The van der Waals surface area contributed by atoms with Gasteiger partial charge in [-0.15, -0.1) is 0 Å². The molecule has 0 aromatic carbocycles. The minimum atomic E-state index is -0.597. The summed E-state index contributed by atoms with van der Waals surface area (Å²) >= 11 is 0. The van der Waals surface area contributed by atoms with Crippen LogP contribution < -0.4 is 5.32 Å². The summed E-state index contributed by atoms with van der Waals surface area (Å²) in [5, 5.41) is 3.05. The second kappa shape index (κ2) is 12.1. The molecule has 0 radical (unpaired) electrons. The number of rotatable bonds is 13. The summed E-state index contributed by atoms with van der Waals surface area (Å²) in [6, 6.07) is 0. The van der Waals surface area contributed by atoms with E-state index in [1.807, 2.05) is 13.8 Å². The third-order valence-electron chi connectivity index (χ3n) is 3.21. The van der Waals surface area contributed by atoms with Gasteiger partial charge in [-0.05, 0) is 46.6 Å². The van der Waals surface area contributed by atoms with Gasteiger partial charge in [0.05, 0.1) is 19.8 Å². The van der Waals surface area contributed by atoms with Crippen molar-refractivity contribution in [3.8, 4) is 0 Å². The minimum Gasteiger partial charge on any atom is -0.465 e. The van der Waals surface area contributed by atoms with Crippen molar-refractivity contribution in [1.29, 1.82) is 0 Å². The summed E-state index contributed by atoms with van der Waals surface area (Å²) in [4.78, 5) is 11.8. The zero-order valence-corrected chi connectivity index (χ0v) is 13.5. The second-order valence-electron chi connectivity index (χ2n) is 4.98. The van der Waals surface area contributed by atoms with E-state index in [1.54, 1.807) is 7.05 Å². The normalized spacial score (nSPS) is 14.0. The van der Waals surface area contributed by atoms with Gasteiger partial charge in [0.2, 0.25) is 0 Å². The van der Waals surface area contributed by atoms with E-state index < -0.39 is 5.54 Å². The highest BCUT2D eigenvalue weighted by atomic mass is 16.5.